The van der Waals surface area contributed by atoms with Gasteiger partial charge in [0.05, 0.1) is 24.9 Å². The van der Waals surface area contributed by atoms with Gasteiger partial charge in [0.1, 0.15) is 0 Å². The number of hydrogen-bond donors (Lipinski definition) is 1. The molecule has 29 heavy (non-hydrogen) atoms. The number of hydrazone groups is 1. The second-order valence-corrected chi connectivity index (χ2v) is 8.06. The summed E-state index contributed by atoms with van der Waals surface area (Å²) in [7, 11) is 0. The van der Waals surface area contributed by atoms with E-state index >= 15 is 0 Å². The highest BCUT2D eigenvalue weighted by Gasteiger charge is 2.18. The average molecular weight is 416 g/mol. The van der Waals surface area contributed by atoms with Crippen LogP contribution in [0.1, 0.15) is 32.0 Å². The van der Waals surface area contributed by atoms with E-state index in [-0.39, 0.29) is 12.4 Å². The zero-order valence-corrected chi connectivity index (χ0v) is 18.1. The fourth-order valence-corrected chi connectivity index (χ4v) is 3.89. The number of rotatable bonds is 8. The Morgan fingerprint density at radius 2 is 2.00 bits per heavy atom. The summed E-state index contributed by atoms with van der Waals surface area (Å²) in [4.78, 5) is 20.8. The molecule has 1 aromatic carbocycles. The first-order valence-electron chi connectivity index (χ1n) is 10.0. The summed E-state index contributed by atoms with van der Waals surface area (Å²) in [5.41, 5.74) is 5.88. The number of ether oxygens (including phenoxy) is 1. The van der Waals surface area contributed by atoms with Crippen LogP contribution in [0.3, 0.4) is 0 Å². The lowest BCUT2D eigenvalue weighted by atomic mass is 10.2. The molecule has 0 bridgehead atoms. The lowest BCUT2D eigenvalue weighted by Crippen LogP contribution is -2.48. The van der Waals surface area contributed by atoms with E-state index < -0.39 is 0 Å². The van der Waals surface area contributed by atoms with Gasteiger partial charge in [0.2, 0.25) is 5.13 Å². The molecule has 0 aliphatic carbocycles. The van der Waals surface area contributed by atoms with Crippen LogP contribution in [0.25, 0.3) is 0 Å². The zero-order chi connectivity index (χ0) is 20.6. The molecule has 0 atom stereocenters. The van der Waals surface area contributed by atoms with Gasteiger partial charge >= 0.3 is 5.97 Å². The monoisotopic (exact) mass is 415 g/mol. The van der Waals surface area contributed by atoms with Crippen molar-refractivity contribution in [1.29, 1.82) is 0 Å². The highest BCUT2D eigenvalue weighted by atomic mass is 32.1. The maximum atomic E-state index is 11.5. The van der Waals surface area contributed by atoms with Crippen LogP contribution in [0.4, 0.5) is 10.8 Å². The van der Waals surface area contributed by atoms with Crippen LogP contribution >= 0.6 is 11.3 Å². The molecule has 0 spiro atoms. The van der Waals surface area contributed by atoms with Crippen molar-refractivity contribution < 1.29 is 9.53 Å². The van der Waals surface area contributed by atoms with E-state index in [4.69, 9.17) is 4.74 Å². The molecule has 0 radical (unpaired) electrons. The lowest BCUT2D eigenvalue weighted by Gasteiger charge is -2.38. The summed E-state index contributed by atoms with van der Waals surface area (Å²) in [5, 5.41) is 6.74. The van der Waals surface area contributed by atoms with Crippen molar-refractivity contribution in [2.45, 2.75) is 33.2 Å². The normalized spacial score (nSPS) is 15.2. The second-order valence-electron chi connectivity index (χ2n) is 7.20. The number of piperazine rings is 1. The first-order valence-corrected chi connectivity index (χ1v) is 10.9. The predicted octanol–water partition coefficient (Wildman–Crippen LogP) is 3.23. The van der Waals surface area contributed by atoms with Gasteiger partial charge in [0.25, 0.3) is 0 Å². The van der Waals surface area contributed by atoms with Gasteiger partial charge in [0.15, 0.2) is 0 Å². The minimum atomic E-state index is -0.265. The van der Waals surface area contributed by atoms with Gasteiger partial charge in [-0.05, 0) is 38.5 Å². The summed E-state index contributed by atoms with van der Waals surface area (Å²) >= 11 is 1.41. The molecule has 1 aromatic heterocycles. The average Bonchev–Trinajstić information content (AvgIpc) is 3.16. The molecule has 0 unspecified atom stereocenters. The molecule has 1 aliphatic heterocycles. The van der Waals surface area contributed by atoms with E-state index in [0.717, 1.165) is 31.7 Å². The number of thiazole rings is 1. The van der Waals surface area contributed by atoms with Gasteiger partial charge in [-0.15, -0.1) is 11.3 Å². The van der Waals surface area contributed by atoms with Crippen molar-refractivity contribution in [3.63, 3.8) is 0 Å². The van der Waals surface area contributed by atoms with Crippen molar-refractivity contribution in [1.82, 2.24) is 9.88 Å². The molecular weight excluding hydrogens is 386 g/mol. The van der Waals surface area contributed by atoms with E-state index in [1.807, 2.05) is 5.38 Å². The van der Waals surface area contributed by atoms with Crippen molar-refractivity contribution >= 4 is 34.3 Å². The Balaban J connectivity index is 1.48. The van der Waals surface area contributed by atoms with Crippen LogP contribution in [0.15, 0.2) is 34.7 Å². The van der Waals surface area contributed by atoms with Crippen LogP contribution in [0, 0.1) is 0 Å². The van der Waals surface area contributed by atoms with Gasteiger partial charge in [-0.2, -0.15) is 5.10 Å². The summed E-state index contributed by atoms with van der Waals surface area (Å²) in [5.74, 6) is -0.265. The van der Waals surface area contributed by atoms with E-state index in [9.17, 15) is 4.79 Å². The number of nitrogens with one attached hydrogen (secondary N) is 1. The fraction of sp³-hybridized carbons (Fsp3) is 0.476. The number of anilines is 2. The highest BCUT2D eigenvalue weighted by Crippen LogP contribution is 2.18. The van der Waals surface area contributed by atoms with Crippen LogP contribution in [-0.4, -0.2) is 60.9 Å². The Bertz CT molecular complexity index is 811. The lowest BCUT2D eigenvalue weighted by molar-refractivity contribution is -0.142. The third-order valence-corrected chi connectivity index (χ3v) is 5.65. The van der Waals surface area contributed by atoms with Gasteiger partial charge in [0, 0.05) is 43.3 Å². The largest absolute Gasteiger partial charge is 0.466 e. The van der Waals surface area contributed by atoms with Gasteiger partial charge in [-0.1, -0.05) is 12.1 Å². The van der Waals surface area contributed by atoms with Crippen molar-refractivity contribution in [2.75, 3.05) is 43.1 Å². The highest BCUT2D eigenvalue weighted by molar-refractivity contribution is 7.13. The van der Waals surface area contributed by atoms with E-state index in [1.165, 1.54) is 17.0 Å². The van der Waals surface area contributed by atoms with Gasteiger partial charge in [-0.3, -0.25) is 15.1 Å². The maximum Gasteiger partial charge on any atom is 0.311 e. The van der Waals surface area contributed by atoms with Crippen LogP contribution in [0.2, 0.25) is 0 Å². The number of carbonyl (C=O) groups excluding carboxylic acids is 1. The first kappa shape index (κ1) is 21.3. The molecular formula is C21H29N5O2S. The molecule has 0 saturated carbocycles. The van der Waals surface area contributed by atoms with E-state index in [1.54, 1.807) is 13.1 Å². The predicted molar refractivity (Wildman–Crippen MR) is 119 cm³/mol. The van der Waals surface area contributed by atoms with E-state index in [2.05, 4.69) is 63.4 Å². The Hall–Kier alpha value is -2.45. The van der Waals surface area contributed by atoms with Crippen molar-refractivity contribution in [2.24, 2.45) is 5.10 Å². The Kier molecular flexibility index (Phi) is 7.60. The first-order chi connectivity index (χ1) is 14.0. The Labute approximate surface area is 176 Å². The molecule has 7 nitrogen and oxygen atoms in total. The molecule has 1 saturated heterocycles. The molecule has 8 heteroatoms. The summed E-state index contributed by atoms with van der Waals surface area (Å²) < 4.78 is 4.93. The van der Waals surface area contributed by atoms with Gasteiger partial charge < -0.3 is 9.64 Å². The molecule has 3 rings (SSSR count). The molecule has 156 valence electrons. The number of esters is 1. The van der Waals surface area contributed by atoms with Crippen molar-refractivity contribution in [3.8, 4) is 0 Å². The zero-order valence-electron chi connectivity index (χ0n) is 17.3. The molecule has 1 N–H and O–H groups in total. The SMILES string of the molecule is CCOC(=O)Cc1csc(NN=Cc2ccc(N3CCN(C(C)C)CC3)cc2)n1. The summed E-state index contributed by atoms with van der Waals surface area (Å²) in [6, 6.07) is 9.05. The van der Waals surface area contributed by atoms with Gasteiger partial charge in [-0.25, -0.2) is 4.98 Å². The minimum absolute atomic E-state index is 0.183. The third kappa shape index (κ3) is 6.27. The third-order valence-electron chi connectivity index (χ3n) is 4.86. The van der Waals surface area contributed by atoms with Crippen LogP contribution < -0.4 is 10.3 Å². The number of benzene rings is 1. The van der Waals surface area contributed by atoms with Crippen LogP contribution in [-0.2, 0) is 16.0 Å². The molecule has 2 aromatic rings. The number of nitrogens with zero attached hydrogens (tertiary/aromatic N) is 4. The summed E-state index contributed by atoms with van der Waals surface area (Å²) in [6.45, 7) is 11.0. The number of aromatic nitrogens is 1. The van der Waals surface area contributed by atoms with E-state index in [0.29, 0.717) is 23.5 Å². The fourth-order valence-electron chi connectivity index (χ4n) is 3.23. The summed E-state index contributed by atoms with van der Waals surface area (Å²) in [6.07, 6.45) is 1.95. The quantitative estimate of drug-likeness (QED) is 0.406. The van der Waals surface area contributed by atoms with Crippen LogP contribution in [0.5, 0.6) is 0 Å². The Morgan fingerprint density at radius 1 is 1.28 bits per heavy atom. The molecule has 2 heterocycles. The smallest absolute Gasteiger partial charge is 0.311 e. The van der Waals surface area contributed by atoms with Crippen molar-refractivity contribution in [3.05, 3.63) is 40.9 Å². The maximum absolute atomic E-state index is 11.5. The topological polar surface area (TPSA) is 70.1 Å². The molecule has 0 amide bonds. The number of carbonyl (C=O) groups is 1. The molecule has 1 aliphatic rings. The number of hydrogen-bond acceptors (Lipinski definition) is 8. The standard InChI is InChI=1S/C21H29N5O2S/c1-4-28-20(27)13-18-15-29-21(23-18)24-22-14-17-5-7-19(8-6-17)26-11-9-25(10-12-26)16(2)3/h5-8,14-16H,4,9-13H2,1-3H3,(H,23,24). The Morgan fingerprint density at radius 3 is 2.66 bits per heavy atom. The minimum Gasteiger partial charge on any atom is -0.466 e. The molecule has 1 fully saturated rings. The second kappa shape index (κ2) is 10.4.